The van der Waals surface area contributed by atoms with E-state index in [1.807, 2.05) is 0 Å². The third-order valence-electron chi connectivity index (χ3n) is 0.865. The molecular formula is C6H6F6. The summed E-state index contributed by atoms with van der Waals surface area (Å²) in [7, 11) is 0. The van der Waals surface area contributed by atoms with E-state index in [0.717, 1.165) is 0 Å². The molecule has 72 valence electrons. The first-order valence-electron chi connectivity index (χ1n) is 2.99. The van der Waals surface area contributed by atoms with Crippen LogP contribution in [-0.4, -0.2) is 12.4 Å². The van der Waals surface area contributed by atoms with Crippen LogP contribution in [0.2, 0.25) is 0 Å². The molecule has 0 heterocycles. The maximum absolute atomic E-state index is 11.3. The Morgan fingerprint density at radius 1 is 0.667 bits per heavy atom. The average molecular weight is 192 g/mol. The van der Waals surface area contributed by atoms with Gasteiger partial charge < -0.3 is 0 Å². The van der Waals surface area contributed by atoms with E-state index in [0.29, 0.717) is 12.2 Å². The SMILES string of the molecule is FC(F)(F)C/C=C/CC(F)(F)F. The highest BCUT2D eigenvalue weighted by Gasteiger charge is 2.27. The molecule has 0 fully saturated rings. The van der Waals surface area contributed by atoms with Crippen molar-refractivity contribution in [1.82, 2.24) is 0 Å². The van der Waals surface area contributed by atoms with E-state index >= 15 is 0 Å². The largest absolute Gasteiger partial charge is 0.392 e. The van der Waals surface area contributed by atoms with Gasteiger partial charge in [-0.05, 0) is 0 Å². The molecule has 0 amide bonds. The third-order valence-corrected chi connectivity index (χ3v) is 0.865. The Morgan fingerprint density at radius 2 is 0.917 bits per heavy atom. The van der Waals surface area contributed by atoms with Gasteiger partial charge in [-0.1, -0.05) is 12.2 Å². The van der Waals surface area contributed by atoms with Gasteiger partial charge in [0.1, 0.15) is 0 Å². The van der Waals surface area contributed by atoms with E-state index in [-0.39, 0.29) is 0 Å². The van der Waals surface area contributed by atoms with Crippen molar-refractivity contribution in [2.24, 2.45) is 0 Å². The smallest absolute Gasteiger partial charge is 0.171 e. The lowest BCUT2D eigenvalue weighted by Gasteiger charge is -2.02. The van der Waals surface area contributed by atoms with Crippen molar-refractivity contribution in [3.63, 3.8) is 0 Å². The monoisotopic (exact) mass is 192 g/mol. The van der Waals surface area contributed by atoms with Crippen LogP contribution in [-0.2, 0) is 0 Å². The molecule has 0 aromatic rings. The van der Waals surface area contributed by atoms with Crippen LogP contribution in [0.25, 0.3) is 0 Å². The maximum Gasteiger partial charge on any atom is 0.392 e. The summed E-state index contributed by atoms with van der Waals surface area (Å²) in [5.74, 6) is 0. The third kappa shape index (κ3) is 9.32. The molecule has 0 atom stereocenters. The number of hydrogen-bond acceptors (Lipinski definition) is 0. The highest BCUT2D eigenvalue weighted by atomic mass is 19.4. The molecule has 0 aliphatic carbocycles. The van der Waals surface area contributed by atoms with E-state index < -0.39 is 25.2 Å². The van der Waals surface area contributed by atoms with Crippen LogP contribution in [0.1, 0.15) is 12.8 Å². The quantitative estimate of drug-likeness (QED) is 0.464. The minimum atomic E-state index is -4.43. The second kappa shape index (κ2) is 3.82. The first-order valence-corrected chi connectivity index (χ1v) is 2.99. The molecule has 0 saturated heterocycles. The molecule has 6 heteroatoms. The molecule has 0 radical (unpaired) electrons. The number of allylic oxidation sites excluding steroid dienone is 2. The zero-order chi connectivity index (χ0) is 9.83. The molecule has 0 aromatic carbocycles. The predicted octanol–water partition coefficient (Wildman–Crippen LogP) is 3.45. The molecule has 0 rings (SSSR count). The summed E-state index contributed by atoms with van der Waals surface area (Å²) in [4.78, 5) is 0. The van der Waals surface area contributed by atoms with Gasteiger partial charge in [0.05, 0.1) is 12.8 Å². The molecule has 0 nitrogen and oxygen atoms in total. The van der Waals surface area contributed by atoms with Gasteiger partial charge in [-0.15, -0.1) is 0 Å². The van der Waals surface area contributed by atoms with E-state index in [1.165, 1.54) is 0 Å². The van der Waals surface area contributed by atoms with Crippen molar-refractivity contribution in [1.29, 1.82) is 0 Å². The van der Waals surface area contributed by atoms with Crippen molar-refractivity contribution in [3.8, 4) is 0 Å². The lowest BCUT2D eigenvalue weighted by Crippen LogP contribution is -2.06. The summed E-state index contributed by atoms with van der Waals surface area (Å²) >= 11 is 0. The number of halogens is 6. The van der Waals surface area contributed by atoms with Gasteiger partial charge in [-0.2, -0.15) is 26.3 Å². The maximum atomic E-state index is 11.3. The Bertz CT molecular complexity index is 132. The van der Waals surface area contributed by atoms with E-state index in [4.69, 9.17) is 0 Å². The molecule has 0 N–H and O–H groups in total. The first kappa shape index (κ1) is 11.3. The summed E-state index contributed by atoms with van der Waals surface area (Å²) in [6.45, 7) is 0. The molecule has 0 bridgehead atoms. The lowest BCUT2D eigenvalue weighted by molar-refractivity contribution is -0.129. The Hall–Kier alpha value is -0.680. The van der Waals surface area contributed by atoms with Crippen molar-refractivity contribution >= 4 is 0 Å². The topological polar surface area (TPSA) is 0 Å². The van der Waals surface area contributed by atoms with Crippen LogP contribution in [0.4, 0.5) is 26.3 Å². The highest BCUT2D eigenvalue weighted by Crippen LogP contribution is 2.22. The fourth-order valence-corrected chi connectivity index (χ4v) is 0.434. The molecule has 0 unspecified atom stereocenters. The molecular weight excluding hydrogens is 186 g/mol. The fourth-order valence-electron chi connectivity index (χ4n) is 0.434. The van der Waals surface area contributed by atoms with Crippen LogP contribution >= 0.6 is 0 Å². The van der Waals surface area contributed by atoms with Gasteiger partial charge in [0, 0.05) is 0 Å². The fraction of sp³-hybridized carbons (Fsp3) is 0.667. The van der Waals surface area contributed by atoms with Crippen molar-refractivity contribution in [2.45, 2.75) is 25.2 Å². The Balaban J connectivity index is 3.66. The zero-order valence-corrected chi connectivity index (χ0v) is 5.84. The number of rotatable bonds is 2. The number of alkyl halides is 6. The summed E-state index contributed by atoms with van der Waals surface area (Å²) in [6.07, 6.45) is -10.6. The van der Waals surface area contributed by atoms with E-state index in [2.05, 4.69) is 0 Å². The first-order chi connectivity index (χ1) is 5.21. The van der Waals surface area contributed by atoms with Crippen LogP contribution in [0, 0.1) is 0 Å². The molecule has 0 saturated carbocycles. The van der Waals surface area contributed by atoms with Gasteiger partial charge in [-0.3, -0.25) is 0 Å². The second-order valence-corrected chi connectivity index (χ2v) is 2.11. The minimum Gasteiger partial charge on any atom is -0.171 e. The minimum absolute atomic E-state index is 0.466. The Labute approximate surface area is 64.9 Å². The molecule has 12 heavy (non-hydrogen) atoms. The van der Waals surface area contributed by atoms with Gasteiger partial charge in [0.15, 0.2) is 0 Å². The van der Waals surface area contributed by atoms with E-state index in [9.17, 15) is 26.3 Å². The van der Waals surface area contributed by atoms with Gasteiger partial charge in [0.25, 0.3) is 0 Å². The molecule has 0 aliphatic heterocycles. The average Bonchev–Trinajstić information content (AvgIpc) is 1.76. The molecule has 0 aliphatic rings. The van der Waals surface area contributed by atoms with Crippen LogP contribution in [0.15, 0.2) is 12.2 Å². The summed E-state index contributed by atoms with van der Waals surface area (Å²) in [5.41, 5.74) is 0. The standard InChI is InChI=1S/C6H6F6/c7-5(8,9)3-1-2-4-6(10,11)12/h1-2H,3-4H2/b2-1+. The predicted molar refractivity (Wildman–Crippen MR) is 30.5 cm³/mol. The second-order valence-electron chi connectivity index (χ2n) is 2.11. The zero-order valence-electron chi connectivity index (χ0n) is 5.84. The van der Waals surface area contributed by atoms with E-state index in [1.54, 1.807) is 0 Å². The highest BCUT2D eigenvalue weighted by molar-refractivity contribution is 4.85. The molecule has 0 aromatic heterocycles. The van der Waals surface area contributed by atoms with Crippen LogP contribution in [0.5, 0.6) is 0 Å². The normalized spacial score (nSPS) is 14.2. The van der Waals surface area contributed by atoms with Crippen LogP contribution in [0.3, 0.4) is 0 Å². The number of hydrogen-bond donors (Lipinski definition) is 0. The summed E-state index contributed by atoms with van der Waals surface area (Å²) < 4.78 is 68.1. The Morgan fingerprint density at radius 3 is 1.08 bits per heavy atom. The van der Waals surface area contributed by atoms with Gasteiger partial charge in [-0.25, -0.2) is 0 Å². The van der Waals surface area contributed by atoms with Crippen molar-refractivity contribution in [2.75, 3.05) is 0 Å². The van der Waals surface area contributed by atoms with Crippen molar-refractivity contribution < 1.29 is 26.3 Å². The molecule has 0 spiro atoms. The summed E-state index contributed by atoms with van der Waals surface area (Å²) in [5, 5.41) is 0. The van der Waals surface area contributed by atoms with Gasteiger partial charge in [0.2, 0.25) is 0 Å². The van der Waals surface area contributed by atoms with Gasteiger partial charge >= 0.3 is 12.4 Å². The lowest BCUT2D eigenvalue weighted by atomic mass is 10.3. The van der Waals surface area contributed by atoms with Crippen molar-refractivity contribution in [3.05, 3.63) is 12.2 Å². The Kier molecular flexibility index (Phi) is 3.60. The summed E-state index contributed by atoms with van der Waals surface area (Å²) in [6, 6.07) is 0. The van der Waals surface area contributed by atoms with Crippen LogP contribution < -0.4 is 0 Å².